The van der Waals surface area contributed by atoms with Crippen LogP contribution in [0.3, 0.4) is 0 Å². The summed E-state index contributed by atoms with van der Waals surface area (Å²) >= 11 is 5.86. The molecule has 0 atom stereocenters. The Morgan fingerprint density at radius 2 is 1.94 bits per heavy atom. The minimum Gasteiger partial charge on any atom is -0.330 e. The molecule has 1 aromatic carbocycles. The van der Waals surface area contributed by atoms with Crippen molar-refractivity contribution < 1.29 is 0 Å². The van der Waals surface area contributed by atoms with E-state index >= 15 is 0 Å². The molecule has 1 heterocycles. The number of nitrogens with zero attached hydrogens (tertiary/aromatic N) is 1. The number of benzene rings is 1. The SMILES string of the molecule is NCCCN1CC(Cc2ccc(Cl)cc2)C1. The van der Waals surface area contributed by atoms with E-state index < -0.39 is 0 Å². The molecule has 0 spiro atoms. The summed E-state index contributed by atoms with van der Waals surface area (Å²) < 4.78 is 0. The van der Waals surface area contributed by atoms with Crippen LogP contribution in [-0.4, -0.2) is 31.1 Å². The molecule has 16 heavy (non-hydrogen) atoms. The lowest BCUT2D eigenvalue weighted by atomic mass is 9.92. The van der Waals surface area contributed by atoms with Gasteiger partial charge in [0, 0.05) is 18.1 Å². The molecule has 2 N–H and O–H groups in total. The molecule has 88 valence electrons. The van der Waals surface area contributed by atoms with Crippen molar-refractivity contribution in [2.24, 2.45) is 11.7 Å². The Labute approximate surface area is 102 Å². The van der Waals surface area contributed by atoms with E-state index in [9.17, 15) is 0 Å². The smallest absolute Gasteiger partial charge is 0.0406 e. The molecule has 2 rings (SSSR count). The molecule has 1 aliphatic rings. The van der Waals surface area contributed by atoms with Gasteiger partial charge in [0.15, 0.2) is 0 Å². The van der Waals surface area contributed by atoms with E-state index in [4.69, 9.17) is 17.3 Å². The first-order valence-electron chi connectivity index (χ1n) is 5.95. The number of nitrogens with two attached hydrogens (primary N) is 1. The van der Waals surface area contributed by atoms with Crippen LogP contribution in [0.1, 0.15) is 12.0 Å². The van der Waals surface area contributed by atoms with Crippen molar-refractivity contribution in [1.82, 2.24) is 4.90 Å². The molecule has 0 aromatic heterocycles. The highest BCUT2D eigenvalue weighted by molar-refractivity contribution is 6.30. The predicted octanol–water partition coefficient (Wildman–Crippen LogP) is 2.16. The van der Waals surface area contributed by atoms with Crippen LogP contribution in [0, 0.1) is 5.92 Å². The lowest BCUT2D eigenvalue weighted by molar-refractivity contribution is 0.100. The molecular formula is C13H19ClN2. The van der Waals surface area contributed by atoms with Crippen molar-refractivity contribution in [1.29, 1.82) is 0 Å². The fraction of sp³-hybridized carbons (Fsp3) is 0.538. The van der Waals surface area contributed by atoms with E-state index in [0.717, 1.165) is 30.5 Å². The molecule has 3 heteroatoms. The quantitative estimate of drug-likeness (QED) is 0.852. The molecule has 0 unspecified atom stereocenters. The maximum atomic E-state index is 5.86. The van der Waals surface area contributed by atoms with Gasteiger partial charge in [-0.15, -0.1) is 0 Å². The van der Waals surface area contributed by atoms with Gasteiger partial charge in [0.25, 0.3) is 0 Å². The van der Waals surface area contributed by atoms with Crippen LogP contribution >= 0.6 is 11.6 Å². The summed E-state index contributed by atoms with van der Waals surface area (Å²) in [7, 11) is 0. The van der Waals surface area contributed by atoms with Crippen molar-refractivity contribution in [3.05, 3.63) is 34.9 Å². The van der Waals surface area contributed by atoms with Crippen LogP contribution in [0.2, 0.25) is 5.02 Å². The first-order chi connectivity index (χ1) is 7.78. The Morgan fingerprint density at radius 3 is 2.56 bits per heavy atom. The van der Waals surface area contributed by atoms with Crippen molar-refractivity contribution in [2.75, 3.05) is 26.2 Å². The second-order valence-electron chi connectivity index (χ2n) is 4.60. The molecule has 1 aromatic rings. The summed E-state index contributed by atoms with van der Waals surface area (Å²) in [4.78, 5) is 2.48. The van der Waals surface area contributed by atoms with Crippen LogP contribution in [-0.2, 0) is 6.42 Å². The van der Waals surface area contributed by atoms with E-state index in [-0.39, 0.29) is 0 Å². The maximum absolute atomic E-state index is 5.86. The summed E-state index contributed by atoms with van der Waals surface area (Å²) in [5, 5.41) is 0.821. The van der Waals surface area contributed by atoms with E-state index in [2.05, 4.69) is 17.0 Å². The standard InChI is InChI=1S/C13H19ClN2/c14-13-4-2-11(3-5-13)8-12-9-16(10-12)7-1-6-15/h2-5,12H,1,6-10,15H2. The third-order valence-electron chi connectivity index (χ3n) is 3.15. The van der Waals surface area contributed by atoms with Crippen LogP contribution < -0.4 is 5.73 Å². The van der Waals surface area contributed by atoms with Gasteiger partial charge in [-0.25, -0.2) is 0 Å². The van der Waals surface area contributed by atoms with Crippen molar-refractivity contribution in [2.45, 2.75) is 12.8 Å². The minimum atomic E-state index is 0.804. The second-order valence-corrected chi connectivity index (χ2v) is 5.03. The molecule has 2 nitrogen and oxygen atoms in total. The fourth-order valence-electron chi connectivity index (χ4n) is 2.26. The van der Waals surface area contributed by atoms with Crippen molar-refractivity contribution in [3.8, 4) is 0 Å². The zero-order chi connectivity index (χ0) is 11.4. The molecular weight excluding hydrogens is 220 g/mol. The summed E-state index contributed by atoms with van der Waals surface area (Å²) in [5.74, 6) is 0.818. The molecule has 0 bridgehead atoms. The predicted molar refractivity (Wildman–Crippen MR) is 68.8 cm³/mol. The molecule has 1 aliphatic heterocycles. The minimum absolute atomic E-state index is 0.804. The molecule has 0 radical (unpaired) electrons. The lowest BCUT2D eigenvalue weighted by Crippen LogP contribution is -2.48. The van der Waals surface area contributed by atoms with E-state index in [0.29, 0.717) is 0 Å². The highest BCUT2D eigenvalue weighted by atomic mass is 35.5. The van der Waals surface area contributed by atoms with Crippen molar-refractivity contribution >= 4 is 11.6 Å². The topological polar surface area (TPSA) is 29.3 Å². The number of halogens is 1. The van der Waals surface area contributed by atoms with Gasteiger partial charge in [0.1, 0.15) is 0 Å². The van der Waals surface area contributed by atoms with E-state index in [1.54, 1.807) is 0 Å². The average Bonchev–Trinajstić information content (AvgIpc) is 2.24. The van der Waals surface area contributed by atoms with Crippen LogP contribution in [0.25, 0.3) is 0 Å². The van der Waals surface area contributed by atoms with E-state index in [1.807, 2.05) is 12.1 Å². The van der Waals surface area contributed by atoms with Gasteiger partial charge in [-0.05, 0) is 49.5 Å². The highest BCUT2D eigenvalue weighted by Crippen LogP contribution is 2.21. The fourth-order valence-corrected chi connectivity index (χ4v) is 2.38. The molecule has 1 fully saturated rings. The summed E-state index contributed by atoms with van der Waals surface area (Å²) in [6.45, 7) is 4.41. The van der Waals surface area contributed by atoms with Crippen LogP contribution in [0.15, 0.2) is 24.3 Å². The van der Waals surface area contributed by atoms with Crippen LogP contribution in [0.4, 0.5) is 0 Å². The van der Waals surface area contributed by atoms with Gasteiger partial charge in [-0.1, -0.05) is 23.7 Å². The Bertz CT molecular complexity index is 317. The number of hydrogen-bond acceptors (Lipinski definition) is 2. The monoisotopic (exact) mass is 238 g/mol. The third-order valence-corrected chi connectivity index (χ3v) is 3.40. The first-order valence-corrected chi connectivity index (χ1v) is 6.32. The molecule has 0 amide bonds. The van der Waals surface area contributed by atoms with Gasteiger partial charge < -0.3 is 10.6 Å². The zero-order valence-electron chi connectivity index (χ0n) is 9.53. The van der Waals surface area contributed by atoms with Gasteiger partial charge in [0.2, 0.25) is 0 Å². The number of hydrogen-bond donors (Lipinski definition) is 1. The van der Waals surface area contributed by atoms with Gasteiger partial charge >= 0.3 is 0 Å². The molecule has 0 aliphatic carbocycles. The normalized spacial score (nSPS) is 17.4. The van der Waals surface area contributed by atoms with Crippen LogP contribution in [0.5, 0.6) is 0 Å². The average molecular weight is 239 g/mol. The number of rotatable bonds is 5. The summed E-state index contributed by atoms with van der Waals surface area (Å²) in [6, 6.07) is 8.21. The molecule has 1 saturated heterocycles. The Balaban J connectivity index is 1.71. The summed E-state index contributed by atoms with van der Waals surface area (Å²) in [5.41, 5.74) is 6.88. The first kappa shape index (κ1) is 11.9. The van der Waals surface area contributed by atoms with Crippen molar-refractivity contribution in [3.63, 3.8) is 0 Å². The highest BCUT2D eigenvalue weighted by Gasteiger charge is 2.25. The third kappa shape index (κ3) is 3.21. The maximum Gasteiger partial charge on any atom is 0.0406 e. The largest absolute Gasteiger partial charge is 0.330 e. The Hall–Kier alpha value is -0.570. The zero-order valence-corrected chi connectivity index (χ0v) is 10.3. The second kappa shape index (κ2) is 5.67. The lowest BCUT2D eigenvalue weighted by Gasteiger charge is -2.39. The summed E-state index contributed by atoms with van der Waals surface area (Å²) in [6.07, 6.45) is 2.30. The van der Waals surface area contributed by atoms with Gasteiger partial charge in [0.05, 0.1) is 0 Å². The van der Waals surface area contributed by atoms with Gasteiger partial charge in [-0.3, -0.25) is 0 Å². The number of likely N-dealkylation sites (tertiary alicyclic amines) is 1. The van der Waals surface area contributed by atoms with E-state index in [1.165, 1.54) is 25.1 Å². The van der Waals surface area contributed by atoms with Gasteiger partial charge in [-0.2, -0.15) is 0 Å². The Morgan fingerprint density at radius 1 is 1.25 bits per heavy atom. The molecule has 0 saturated carbocycles. The Kier molecular flexibility index (Phi) is 4.22.